The molecule has 3 aromatic rings. The van der Waals surface area contributed by atoms with E-state index in [1.807, 2.05) is 31.3 Å². The SMILES string of the molecule is CNc1c(C=O)c2ccccc2n1-c1ccc(C(C)(C)C)cc1. The molecule has 0 aliphatic carbocycles. The Kier molecular flexibility index (Phi) is 3.72. The zero-order valence-electron chi connectivity index (χ0n) is 14.1. The van der Waals surface area contributed by atoms with E-state index < -0.39 is 0 Å². The minimum absolute atomic E-state index is 0.122. The fraction of sp³-hybridized carbons (Fsp3) is 0.250. The van der Waals surface area contributed by atoms with Gasteiger partial charge in [0.15, 0.2) is 6.29 Å². The summed E-state index contributed by atoms with van der Waals surface area (Å²) in [5, 5.41) is 4.14. The largest absolute Gasteiger partial charge is 0.374 e. The molecule has 1 N–H and O–H groups in total. The number of fused-ring (bicyclic) bond motifs is 1. The number of nitrogens with zero attached hydrogens (tertiary/aromatic N) is 1. The Bertz CT molecular complexity index is 852. The Morgan fingerprint density at radius 1 is 1.00 bits per heavy atom. The van der Waals surface area contributed by atoms with Crippen LogP contribution in [0.15, 0.2) is 48.5 Å². The minimum atomic E-state index is 0.122. The first-order valence-corrected chi connectivity index (χ1v) is 7.84. The van der Waals surface area contributed by atoms with E-state index >= 15 is 0 Å². The predicted molar refractivity (Wildman–Crippen MR) is 96.9 cm³/mol. The third kappa shape index (κ3) is 2.52. The molecule has 0 unspecified atom stereocenters. The van der Waals surface area contributed by atoms with Crippen LogP contribution >= 0.6 is 0 Å². The Balaban J connectivity index is 2.25. The van der Waals surface area contributed by atoms with Crippen molar-refractivity contribution in [1.29, 1.82) is 0 Å². The van der Waals surface area contributed by atoms with Crippen molar-refractivity contribution in [3.63, 3.8) is 0 Å². The minimum Gasteiger partial charge on any atom is -0.374 e. The van der Waals surface area contributed by atoms with Crippen molar-refractivity contribution in [3.8, 4) is 5.69 Å². The quantitative estimate of drug-likeness (QED) is 0.706. The zero-order chi connectivity index (χ0) is 16.6. The highest BCUT2D eigenvalue weighted by Crippen LogP contribution is 2.33. The van der Waals surface area contributed by atoms with Gasteiger partial charge in [0.25, 0.3) is 0 Å². The molecule has 0 spiro atoms. The number of nitrogens with one attached hydrogen (secondary N) is 1. The number of aldehydes is 1. The molecule has 0 saturated heterocycles. The summed E-state index contributed by atoms with van der Waals surface area (Å²) in [5.74, 6) is 0.824. The van der Waals surface area contributed by atoms with Gasteiger partial charge in [-0.25, -0.2) is 0 Å². The average molecular weight is 306 g/mol. The van der Waals surface area contributed by atoms with Crippen molar-refractivity contribution in [2.45, 2.75) is 26.2 Å². The molecule has 0 amide bonds. The molecular formula is C20H22N2O. The summed E-state index contributed by atoms with van der Waals surface area (Å²) in [6, 6.07) is 16.5. The average Bonchev–Trinajstić information content (AvgIpc) is 2.87. The molecule has 3 rings (SSSR count). The molecule has 2 aromatic carbocycles. The highest BCUT2D eigenvalue weighted by molar-refractivity contribution is 6.04. The van der Waals surface area contributed by atoms with Crippen LogP contribution in [-0.4, -0.2) is 17.9 Å². The second-order valence-corrected chi connectivity index (χ2v) is 6.78. The van der Waals surface area contributed by atoms with Gasteiger partial charge in [0, 0.05) is 18.1 Å². The molecule has 1 heterocycles. The van der Waals surface area contributed by atoms with Gasteiger partial charge >= 0.3 is 0 Å². The predicted octanol–water partition coefficient (Wildman–Crippen LogP) is 4.78. The molecule has 118 valence electrons. The second kappa shape index (κ2) is 5.58. The lowest BCUT2D eigenvalue weighted by Gasteiger charge is -2.20. The maximum atomic E-state index is 11.6. The molecule has 23 heavy (non-hydrogen) atoms. The van der Waals surface area contributed by atoms with Crippen LogP contribution < -0.4 is 5.32 Å². The molecule has 0 saturated carbocycles. The van der Waals surface area contributed by atoms with Crippen LogP contribution in [0.2, 0.25) is 0 Å². The first-order chi connectivity index (χ1) is 11.0. The number of hydrogen-bond donors (Lipinski definition) is 1. The molecule has 1 aromatic heterocycles. The van der Waals surface area contributed by atoms with E-state index in [1.165, 1.54) is 5.56 Å². The summed E-state index contributed by atoms with van der Waals surface area (Å²) in [6.45, 7) is 6.61. The molecule has 0 radical (unpaired) electrons. The number of para-hydroxylation sites is 1. The summed E-state index contributed by atoms with van der Waals surface area (Å²) in [6.07, 6.45) is 0.925. The first-order valence-electron chi connectivity index (χ1n) is 7.84. The van der Waals surface area contributed by atoms with E-state index in [4.69, 9.17) is 0 Å². The lowest BCUT2D eigenvalue weighted by atomic mass is 9.87. The normalized spacial score (nSPS) is 11.7. The Labute approximate surface area is 136 Å². The zero-order valence-corrected chi connectivity index (χ0v) is 14.1. The van der Waals surface area contributed by atoms with E-state index in [2.05, 4.69) is 54.9 Å². The number of anilines is 1. The van der Waals surface area contributed by atoms with Crippen LogP contribution in [0.3, 0.4) is 0 Å². The monoisotopic (exact) mass is 306 g/mol. The number of aromatic nitrogens is 1. The fourth-order valence-electron chi connectivity index (χ4n) is 3.01. The number of hydrogen-bond acceptors (Lipinski definition) is 2. The standard InChI is InChI=1S/C20H22N2O/c1-20(2,3)14-9-11-15(12-10-14)22-18-8-6-5-7-16(18)17(13-23)19(22)21-4/h5-13,21H,1-4H3. The van der Waals surface area contributed by atoms with Crippen LogP contribution in [0, 0.1) is 0 Å². The van der Waals surface area contributed by atoms with Crippen LogP contribution in [0.5, 0.6) is 0 Å². The molecule has 0 fully saturated rings. The summed E-state index contributed by atoms with van der Waals surface area (Å²) >= 11 is 0. The van der Waals surface area contributed by atoms with Gasteiger partial charge in [0.2, 0.25) is 0 Å². The number of carbonyl (C=O) groups excluding carboxylic acids is 1. The van der Waals surface area contributed by atoms with Gasteiger partial charge in [0.05, 0.1) is 11.1 Å². The molecule has 3 nitrogen and oxygen atoms in total. The van der Waals surface area contributed by atoms with E-state index in [0.29, 0.717) is 5.56 Å². The number of rotatable bonds is 3. The van der Waals surface area contributed by atoms with Crippen LogP contribution in [-0.2, 0) is 5.41 Å². The van der Waals surface area contributed by atoms with Crippen molar-refractivity contribution >= 4 is 23.0 Å². The second-order valence-electron chi connectivity index (χ2n) is 6.78. The van der Waals surface area contributed by atoms with Gasteiger partial charge in [-0.15, -0.1) is 0 Å². The Hall–Kier alpha value is -2.55. The molecule has 0 bridgehead atoms. The maximum absolute atomic E-state index is 11.6. The van der Waals surface area contributed by atoms with Gasteiger partial charge in [-0.2, -0.15) is 0 Å². The van der Waals surface area contributed by atoms with Gasteiger partial charge in [-0.05, 0) is 29.2 Å². The smallest absolute Gasteiger partial charge is 0.154 e. The van der Waals surface area contributed by atoms with E-state index in [1.54, 1.807) is 0 Å². The van der Waals surface area contributed by atoms with Gasteiger partial charge in [-0.3, -0.25) is 9.36 Å². The highest BCUT2D eigenvalue weighted by atomic mass is 16.1. The molecule has 0 aliphatic rings. The van der Waals surface area contributed by atoms with Gasteiger partial charge in [0.1, 0.15) is 5.82 Å². The van der Waals surface area contributed by atoms with Gasteiger partial charge < -0.3 is 5.32 Å². The molecular weight excluding hydrogens is 284 g/mol. The Morgan fingerprint density at radius 3 is 2.22 bits per heavy atom. The maximum Gasteiger partial charge on any atom is 0.154 e. The Morgan fingerprint density at radius 2 is 1.65 bits per heavy atom. The van der Waals surface area contributed by atoms with Crippen molar-refractivity contribution in [2.24, 2.45) is 0 Å². The molecule has 0 aliphatic heterocycles. The molecule has 0 atom stereocenters. The third-order valence-corrected chi connectivity index (χ3v) is 4.26. The van der Waals surface area contributed by atoms with E-state index in [0.717, 1.165) is 28.7 Å². The van der Waals surface area contributed by atoms with E-state index in [9.17, 15) is 4.79 Å². The van der Waals surface area contributed by atoms with Gasteiger partial charge in [-0.1, -0.05) is 51.1 Å². The van der Waals surface area contributed by atoms with Crippen LogP contribution in [0.25, 0.3) is 16.6 Å². The first kappa shape index (κ1) is 15.3. The van der Waals surface area contributed by atoms with Crippen molar-refractivity contribution < 1.29 is 4.79 Å². The lowest BCUT2D eigenvalue weighted by molar-refractivity contribution is 0.112. The highest BCUT2D eigenvalue weighted by Gasteiger charge is 2.18. The van der Waals surface area contributed by atoms with Crippen molar-refractivity contribution in [2.75, 3.05) is 12.4 Å². The summed E-state index contributed by atoms with van der Waals surface area (Å²) in [5.41, 5.74) is 4.19. The summed E-state index contributed by atoms with van der Waals surface area (Å²) in [4.78, 5) is 11.6. The van der Waals surface area contributed by atoms with Crippen molar-refractivity contribution in [3.05, 3.63) is 59.7 Å². The summed E-state index contributed by atoms with van der Waals surface area (Å²) < 4.78 is 2.10. The fourth-order valence-corrected chi connectivity index (χ4v) is 3.01. The number of carbonyl (C=O) groups is 1. The number of benzene rings is 2. The lowest BCUT2D eigenvalue weighted by Crippen LogP contribution is -2.11. The third-order valence-electron chi connectivity index (χ3n) is 4.26. The topological polar surface area (TPSA) is 34.0 Å². The summed E-state index contributed by atoms with van der Waals surface area (Å²) in [7, 11) is 1.85. The van der Waals surface area contributed by atoms with Crippen LogP contribution in [0.4, 0.5) is 5.82 Å². The molecule has 3 heteroatoms. The van der Waals surface area contributed by atoms with Crippen LogP contribution in [0.1, 0.15) is 36.7 Å². The van der Waals surface area contributed by atoms with Crippen molar-refractivity contribution in [1.82, 2.24) is 4.57 Å². The van der Waals surface area contributed by atoms with E-state index in [-0.39, 0.29) is 5.41 Å².